The number of nitrogens with one attached hydrogen (secondary N) is 1. The van der Waals surface area contributed by atoms with Crippen LogP contribution in [0.3, 0.4) is 0 Å². The molecule has 1 fully saturated rings. The van der Waals surface area contributed by atoms with Gasteiger partial charge in [-0.2, -0.15) is 0 Å². The Bertz CT molecular complexity index is 811. The van der Waals surface area contributed by atoms with E-state index in [2.05, 4.69) is 31.3 Å². The first-order valence-electron chi connectivity index (χ1n) is 9.53. The number of phenols is 1. The lowest BCUT2D eigenvalue weighted by atomic mass is 9.85. The van der Waals surface area contributed by atoms with Crippen molar-refractivity contribution in [2.24, 2.45) is 0 Å². The number of carbonyl (C=O) groups excluding carboxylic acids is 2. The molecule has 6 nitrogen and oxygen atoms in total. The summed E-state index contributed by atoms with van der Waals surface area (Å²) in [6, 6.07) is 16.3. The van der Waals surface area contributed by atoms with E-state index in [1.165, 1.54) is 17.7 Å². The molecule has 0 spiro atoms. The van der Waals surface area contributed by atoms with E-state index >= 15 is 0 Å². The van der Waals surface area contributed by atoms with Crippen LogP contribution in [0.4, 0.5) is 4.79 Å². The second-order valence-corrected chi connectivity index (χ2v) is 7.73. The van der Waals surface area contributed by atoms with E-state index in [0.29, 0.717) is 38.3 Å². The van der Waals surface area contributed by atoms with Crippen molar-refractivity contribution in [3.8, 4) is 5.75 Å². The third-order valence-electron chi connectivity index (χ3n) is 5.21. The summed E-state index contributed by atoms with van der Waals surface area (Å²) < 4.78 is 0. The summed E-state index contributed by atoms with van der Waals surface area (Å²) >= 11 is 0. The van der Waals surface area contributed by atoms with Gasteiger partial charge >= 0.3 is 6.03 Å². The van der Waals surface area contributed by atoms with Crippen LogP contribution in [-0.4, -0.2) is 59.6 Å². The first kappa shape index (κ1) is 19.7. The van der Waals surface area contributed by atoms with Gasteiger partial charge in [0.2, 0.25) is 0 Å². The van der Waals surface area contributed by atoms with Gasteiger partial charge in [0.25, 0.3) is 5.91 Å². The van der Waals surface area contributed by atoms with Crippen LogP contribution in [0, 0.1) is 0 Å². The summed E-state index contributed by atoms with van der Waals surface area (Å²) in [5.74, 6) is 0.0572. The van der Waals surface area contributed by atoms with E-state index in [1.54, 1.807) is 21.9 Å². The van der Waals surface area contributed by atoms with Crippen LogP contribution in [0.15, 0.2) is 54.6 Å². The first-order valence-corrected chi connectivity index (χ1v) is 9.53. The zero-order valence-corrected chi connectivity index (χ0v) is 16.4. The molecule has 1 aliphatic heterocycles. The molecule has 0 unspecified atom stereocenters. The standard InChI is InChI=1S/C22H27N3O3/c1-22(2,18-6-4-3-5-7-18)16-23-21(28)25-14-12-24(13-15-25)20(27)17-8-10-19(26)11-9-17/h3-11,26H,12-16H2,1-2H3,(H,23,28). The maximum absolute atomic E-state index is 12.5. The van der Waals surface area contributed by atoms with Gasteiger partial charge in [-0.05, 0) is 29.8 Å². The summed E-state index contributed by atoms with van der Waals surface area (Å²) in [5, 5.41) is 12.4. The number of hydrogen-bond acceptors (Lipinski definition) is 3. The quantitative estimate of drug-likeness (QED) is 0.855. The van der Waals surface area contributed by atoms with Gasteiger partial charge in [0, 0.05) is 43.7 Å². The van der Waals surface area contributed by atoms with Crippen molar-refractivity contribution in [2.75, 3.05) is 32.7 Å². The highest BCUT2D eigenvalue weighted by molar-refractivity contribution is 5.94. The van der Waals surface area contributed by atoms with Gasteiger partial charge in [-0.3, -0.25) is 4.79 Å². The molecule has 1 heterocycles. The van der Waals surface area contributed by atoms with Crippen LogP contribution >= 0.6 is 0 Å². The maximum Gasteiger partial charge on any atom is 0.317 e. The SMILES string of the molecule is CC(C)(CNC(=O)N1CCN(C(=O)c2ccc(O)cc2)CC1)c1ccccc1. The van der Waals surface area contributed by atoms with Gasteiger partial charge in [0.05, 0.1) is 0 Å². The highest BCUT2D eigenvalue weighted by atomic mass is 16.3. The van der Waals surface area contributed by atoms with Crippen molar-refractivity contribution < 1.29 is 14.7 Å². The van der Waals surface area contributed by atoms with Crippen molar-refractivity contribution in [1.29, 1.82) is 0 Å². The Labute approximate surface area is 165 Å². The molecule has 0 atom stereocenters. The van der Waals surface area contributed by atoms with Gasteiger partial charge < -0.3 is 20.2 Å². The van der Waals surface area contributed by atoms with Crippen molar-refractivity contribution >= 4 is 11.9 Å². The molecule has 0 radical (unpaired) electrons. The second kappa shape index (κ2) is 8.33. The minimum absolute atomic E-state index is 0.0785. The van der Waals surface area contributed by atoms with E-state index in [4.69, 9.17) is 0 Å². The largest absolute Gasteiger partial charge is 0.508 e. The molecule has 0 bridgehead atoms. The smallest absolute Gasteiger partial charge is 0.317 e. The van der Waals surface area contributed by atoms with Crippen LogP contribution in [0.5, 0.6) is 5.75 Å². The maximum atomic E-state index is 12.5. The Kier molecular flexibility index (Phi) is 5.87. The normalized spacial score (nSPS) is 14.6. The van der Waals surface area contributed by atoms with Gasteiger partial charge in [-0.15, -0.1) is 0 Å². The van der Waals surface area contributed by atoms with Gasteiger partial charge in [-0.25, -0.2) is 4.79 Å². The number of benzene rings is 2. The van der Waals surface area contributed by atoms with Crippen molar-refractivity contribution in [3.05, 3.63) is 65.7 Å². The number of aromatic hydroxyl groups is 1. The highest BCUT2D eigenvalue weighted by Gasteiger charge is 2.27. The van der Waals surface area contributed by atoms with Gasteiger partial charge in [0.1, 0.15) is 5.75 Å². The lowest BCUT2D eigenvalue weighted by Crippen LogP contribution is -2.54. The van der Waals surface area contributed by atoms with E-state index in [1.807, 2.05) is 18.2 Å². The monoisotopic (exact) mass is 381 g/mol. The number of nitrogens with zero attached hydrogens (tertiary/aromatic N) is 2. The fourth-order valence-electron chi connectivity index (χ4n) is 3.30. The Morgan fingerprint density at radius 2 is 1.50 bits per heavy atom. The molecule has 0 saturated carbocycles. The minimum atomic E-state index is -0.159. The molecule has 28 heavy (non-hydrogen) atoms. The number of carbonyl (C=O) groups is 2. The van der Waals surface area contributed by atoms with E-state index in [-0.39, 0.29) is 23.1 Å². The molecule has 148 valence electrons. The molecular formula is C22H27N3O3. The second-order valence-electron chi connectivity index (χ2n) is 7.73. The van der Waals surface area contributed by atoms with Crippen molar-refractivity contribution in [3.63, 3.8) is 0 Å². The molecule has 1 saturated heterocycles. The Morgan fingerprint density at radius 1 is 0.929 bits per heavy atom. The fraction of sp³-hybridized carbons (Fsp3) is 0.364. The summed E-state index contributed by atoms with van der Waals surface area (Å²) in [7, 11) is 0. The molecule has 0 aromatic heterocycles. The minimum Gasteiger partial charge on any atom is -0.508 e. The third kappa shape index (κ3) is 4.63. The Hall–Kier alpha value is -3.02. The number of urea groups is 1. The first-order chi connectivity index (χ1) is 13.4. The third-order valence-corrected chi connectivity index (χ3v) is 5.21. The molecular weight excluding hydrogens is 354 g/mol. The lowest BCUT2D eigenvalue weighted by molar-refractivity contribution is 0.0664. The fourth-order valence-corrected chi connectivity index (χ4v) is 3.30. The predicted molar refractivity (Wildman–Crippen MR) is 108 cm³/mol. The van der Waals surface area contributed by atoms with Gasteiger partial charge in [-0.1, -0.05) is 44.2 Å². The molecule has 3 rings (SSSR count). The zero-order chi connectivity index (χ0) is 20.1. The number of amides is 3. The van der Waals surface area contributed by atoms with Crippen molar-refractivity contribution in [2.45, 2.75) is 19.3 Å². The summed E-state index contributed by atoms with van der Waals surface area (Å²) in [4.78, 5) is 28.6. The molecule has 3 amide bonds. The van der Waals surface area contributed by atoms with E-state index < -0.39 is 0 Å². The highest BCUT2D eigenvalue weighted by Crippen LogP contribution is 2.22. The van der Waals surface area contributed by atoms with Gasteiger partial charge in [0.15, 0.2) is 0 Å². The molecule has 1 aliphatic rings. The average molecular weight is 381 g/mol. The molecule has 6 heteroatoms. The molecule has 0 aliphatic carbocycles. The molecule has 2 aromatic rings. The summed E-state index contributed by atoms with van der Waals surface area (Å²) in [6.45, 7) is 6.75. The van der Waals surface area contributed by atoms with E-state index in [0.717, 1.165) is 0 Å². The summed E-state index contributed by atoms with van der Waals surface area (Å²) in [6.07, 6.45) is 0. The van der Waals surface area contributed by atoms with Crippen LogP contribution < -0.4 is 5.32 Å². The van der Waals surface area contributed by atoms with Crippen molar-refractivity contribution in [1.82, 2.24) is 15.1 Å². The van der Waals surface area contributed by atoms with Crippen LogP contribution in [0.25, 0.3) is 0 Å². The Morgan fingerprint density at radius 3 is 2.11 bits per heavy atom. The van der Waals surface area contributed by atoms with Crippen LogP contribution in [0.2, 0.25) is 0 Å². The number of rotatable bonds is 4. The number of piperazine rings is 1. The summed E-state index contributed by atoms with van der Waals surface area (Å²) in [5.41, 5.74) is 1.56. The average Bonchev–Trinajstić information content (AvgIpc) is 2.73. The number of phenolic OH excluding ortho intramolecular Hbond substituents is 1. The topological polar surface area (TPSA) is 72.9 Å². The van der Waals surface area contributed by atoms with Crippen LogP contribution in [0.1, 0.15) is 29.8 Å². The Balaban J connectivity index is 1.50. The van der Waals surface area contributed by atoms with E-state index in [9.17, 15) is 14.7 Å². The van der Waals surface area contributed by atoms with Crippen LogP contribution in [-0.2, 0) is 5.41 Å². The molecule has 2 N–H and O–H groups in total. The predicted octanol–water partition coefficient (Wildman–Crippen LogP) is 2.84. The number of hydrogen-bond donors (Lipinski definition) is 2. The zero-order valence-electron chi connectivity index (χ0n) is 16.4. The molecule has 2 aromatic carbocycles. The lowest BCUT2D eigenvalue weighted by Gasteiger charge is -2.35.